The van der Waals surface area contributed by atoms with Crippen molar-refractivity contribution >= 4 is 16.8 Å². The molecule has 2 aromatic carbocycles. The summed E-state index contributed by atoms with van der Waals surface area (Å²) in [5, 5.41) is 6.26. The summed E-state index contributed by atoms with van der Waals surface area (Å²) in [4.78, 5) is 2.23. The number of hydrogen-bond donors (Lipinski definition) is 1. The molecular weight excluding hydrogens is 232 g/mol. The Morgan fingerprint density at radius 1 is 1.11 bits per heavy atom. The minimum absolute atomic E-state index is 0.254. The highest BCUT2D eigenvalue weighted by molar-refractivity contribution is 5.92. The van der Waals surface area contributed by atoms with Crippen molar-refractivity contribution in [3.8, 4) is 0 Å². The summed E-state index contributed by atoms with van der Waals surface area (Å²) < 4.78 is 0. The molecule has 0 spiro atoms. The summed E-state index contributed by atoms with van der Waals surface area (Å²) in [7, 11) is 2.12. The molecule has 1 aliphatic rings. The van der Waals surface area contributed by atoms with Crippen LogP contribution in [0.2, 0.25) is 0 Å². The van der Waals surface area contributed by atoms with E-state index in [0.717, 1.165) is 0 Å². The summed E-state index contributed by atoms with van der Waals surface area (Å²) >= 11 is 0. The second-order valence-corrected chi connectivity index (χ2v) is 5.49. The van der Waals surface area contributed by atoms with Gasteiger partial charge in [-0.05, 0) is 41.8 Å². The molecule has 98 valence electrons. The Labute approximate surface area is 114 Å². The first-order valence-corrected chi connectivity index (χ1v) is 6.84. The first-order chi connectivity index (χ1) is 9.16. The van der Waals surface area contributed by atoms with Crippen molar-refractivity contribution in [3.05, 3.63) is 53.7 Å². The number of hydrogen-bond acceptors (Lipinski definition) is 2. The molecule has 0 radical (unpaired) electrons. The van der Waals surface area contributed by atoms with E-state index in [2.05, 4.69) is 79.8 Å². The number of nitrogens with zero attached hydrogens (tertiary/aromatic N) is 1. The van der Waals surface area contributed by atoms with E-state index in [9.17, 15) is 0 Å². The van der Waals surface area contributed by atoms with Gasteiger partial charge in [0, 0.05) is 19.3 Å². The number of fused-ring (bicyclic) bond motifs is 3. The average molecular weight is 252 g/mol. The van der Waals surface area contributed by atoms with E-state index in [4.69, 9.17) is 0 Å². The lowest BCUT2D eigenvalue weighted by molar-refractivity contribution is 0.261. The predicted molar refractivity (Wildman–Crippen MR) is 81.8 cm³/mol. The van der Waals surface area contributed by atoms with E-state index >= 15 is 0 Å². The highest BCUT2D eigenvalue weighted by Gasteiger charge is 2.22. The Morgan fingerprint density at radius 3 is 2.68 bits per heavy atom. The molecule has 0 saturated heterocycles. The van der Waals surface area contributed by atoms with Crippen molar-refractivity contribution in [2.24, 2.45) is 0 Å². The van der Waals surface area contributed by atoms with E-state index in [1.807, 2.05) is 0 Å². The molecule has 19 heavy (non-hydrogen) atoms. The Hall–Kier alpha value is -1.80. The molecule has 0 saturated carbocycles. The Balaban J connectivity index is 2.17. The van der Waals surface area contributed by atoms with Gasteiger partial charge in [-0.3, -0.25) is 5.32 Å². The molecule has 1 heterocycles. The Morgan fingerprint density at radius 2 is 1.89 bits per heavy atom. The molecule has 0 fully saturated rings. The summed E-state index contributed by atoms with van der Waals surface area (Å²) in [5.41, 5.74) is 2.70. The normalized spacial score (nSPS) is 18.1. The molecular formula is C17H20N2. The molecule has 2 heteroatoms. The van der Waals surface area contributed by atoms with E-state index in [-0.39, 0.29) is 6.17 Å². The van der Waals surface area contributed by atoms with Gasteiger partial charge >= 0.3 is 0 Å². The molecule has 1 unspecified atom stereocenters. The Bertz CT molecular complexity index is 628. The lowest BCUT2D eigenvalue weighted by Crippen LogP contribution is -2.38. The molecule has 0 bridgehead atoms. The monoisotopic (exact) mass is 252 g/mol. The predicted octanol–water partition coefficient (Wildman–Crippen LogP) is 3.75. The van der Waals surface area contributed by atoms with Crippen LogP contribution in [0.15, 0.2) is 42.6 Å². The van der Waals surface area contributed by atoms with Crippen molar-refractivity contribution in [1.82, 2.24) is 10.2 Å². The highest BCUT2D eigenvalue weighted by atomic mass is 15.2. The maximum Gasteiger partial charge on any atom is 0.106 e. The van der Waals surface area contributed by atoms with Crippen LogP contribution in [-0.2, 0) is 0 Å². The van der Waals surface area contributed by atoms with Crippen molar-refractivity contribution in [3.63, 3.8) is 0 Å². The van der Waals surface area contributed by atoms with Crippen LogP contribution < -0.4 is 5.32 Å². The molecule has 1 atom stereocenters. The first kappa shape index (κ1) is 12.2. The zero-order valence-electron chi connectivity index (χ0n) is 11.7. The second kappa shape index (κ2) is 4.71. The lowest BCUT2D eigenvalue weighted by Gasteiger charge is -2.34. The van der Waals surface area contributed by atoms with Crippen LogP contribution in [0.4, 0.5) is 0 Å². The quantitative estimate of drug-likeness (QED) is 0.875. The minimum Gasteiger partial charge on any atom is -0.361 e. The van der Waals surface area contributed by atoms with Crippen molar-refractivity contribution in [2.75, 3.05) is 7.05 Å². The fraction of sp³-hybridized carbons (Fsp3) is 0.294. The van der Waals surface area contributed by atoms with E-state index in [1.54, 1.807) is 0 Å². The van der Waals surface area contributed by atoms with Crippen molar-refractivity contribution < 1.29 is 0 Å². The summed E-state index contributed by atoms with van der Waals surface area (Å²) in [6.07, 6.45) is 4.63. The van der Waals surface area contributed by atoms with Gasteiger partial charge in [0.05, 0.1) is 0 Å². The maximum absolute atomic E-state index is 3.63. The zero-order chi connectivity index (χ0) is 13.4. The average Bonchev–Trinajstić information content (AvgIpc) is 2.41. The smallest absolute Gasteiger partial charge is 0.106 e. The molecule has 2 aromatic rings. The molecule has 0 aliphatic carbocycles. The summed E-state index contributed by atoms with van der Waals surface area (Å²) in [6, 6.07) is 13.5. The molecule has 1 aliphatic heterocycles. The van der Waals surface area contributed by atoms with Crippen LogP contribution in [0.25, 0.3) is 16.8 Å². The third-order valence-corrected chi connectivity index (χ3v) is 3.67. The van der Waals surface area contributed by atoms with Gasteiger partial charge in [-0.25, -0.2) is 0 Å². The van der Waals surface area contributed by atoms with Gasteiger partial charge in [0.1, 0.15) is 6.17 Å². The van der Waals surface area contributed by atoms with Gasteiger partial charge in [-0.2, -0.15) is 0 Å². The molecule has 2 nitrogen and oxygen atoms in total. The van der Waals surface area contributed by atoms with Gasteiger partial charge < -0.3 is 4.90 Å². The molecule has 3 rings (SSSR count). The van der Waals surface area contributed by atoms with Crippen LogP contribution in [0.1, 0.15) is 31.1 Å². The van der Waals surface area contributed by atoms with E-state index < -0.39 is 0 Å². The van der Waals surface area contributed by atoms with Gasteiger partial charge in [-0.1, -0.05) is 36.4 Å². The SMILES string of the molecule is CC(C)NC1c2ccc3ccccc3c2C=CN1C. The zero-order valence-corrected chi connectivity index (χ0v) is 11.7. The van der Waals surface area contributed by atoms with Crippen LogP contribution in [0, 0.1) is 0 Å². The lowest BCUT2D eigenvalue weighted by atomic mass is 9.94. The van der Waals surface area contributed by atoms with Gasteiger partial charge in [0.15, 0.2) is 0 Å². The number of rotatable bonds is 2. The van der Waals surface area contributed by atoms with Crippen LogP contribution in [-0.4, -0.2) is 18.0 Å². The molecule has 0 aromatic heterocycles. The highest BCUT2D eigenvalue weighted by Crippen LogP contribution is 2.32. The van der Waals surface area contributed by atoms with E-state index in [1.165, 1.54) is 21.9 Å². The second-order valence-electron chi connectivity index (χ2n) is 5.49. The summed E-state index contributed by atoms with van der Waals surface area (Å²) in [5.74, 6) is 0. The third-order valence-electron chi connectivity index (χ3n) is 3.67. The van der Waals surface area contributed by atoms with Crippen LogP contribution in [0.5, 0.6) is 0 Å². The topological polar surface area (TPSA) is 15.3 Å². The van der Waals surface area contributed by atoms with Crippen molar-refractivity contribution in [2.45, 2.75) is 26.1 Å². The molecule has 1 N–H and O–H groups in total. The van der Waals surface area contributed by atoms with E-state index in [0.29, 0.717) is 6.04 Å². The number of nitrogens with one attached hydrogen (secondary N) is 1. The fourth-order valence-corrected chi connectivity index (χ4v) is 2.76. The third kappa shape index (κ3) is 2.13. The number of benzene rings is 2. The largest absolute Gasteiger partial charge is 0.361 e. The minimum atomic E-state index is 0.254. The fourth-order valence-electron chi connectivity index (χ4n) is 2.76. The van der Waals surface area contributed by atoms with Gasteiger partial charge in [0.25, 0.3) is 0 Å². The van der Waals surface area contributed by atoms with Crippen LogP contribution >= 0.6 is 0 Å². The summed E-state index contributed by atoms with van der Waals surface area (Å²) in [6.45, 7) is 4.37. The Kier molecular flexibility index (Phi) is 3.03. The van der Waals surface area contributed by atoms with Crippen LogP contribution in [0.3, 0.4) is 0 Å². The molecule has 0 amide bonds. The maximum atomic E-state index is 3.63. The van der Waals surface area contributed by atoms with Gasteiger partial charge in [0.2, 0.25) is 0 Å². The van der Waals surface area contributed by atoms with Crippen molar-refractivity contribution in [1.29, 1.82) is 0 Å². The first-order valence-electron chi connectivity index (χ1n) is 6.84. The van der Waals surface area contributed by atoms with Gasteiger partial charge in [-0.15, -0.1) is 0 Å². The standard InChI is InChI=1S/C17H20N2/c1-12(2)18-17-16-9-8-13-6-4-5-7-14(13)15(16)10-11-19(17)3/h4-12,17-18H,1-3H3.